The minimum atomic E-state index is 0.985. The summed E-state index contributed by atoms with van der Waals surface area (Å²) in [4.78, 5) is 9.52. The first-order valence-electron chi connectivity index (χ1n) is 8.29. The summed E-state index contributed by atoms with van der Waals surface area (Å²) in [6.07, 6.45) is 4.33. The highest BCUT2D eigenvalue weighted by atomic mass is 15.3. The molecule has 0 spiro atoms. The Hall–Kier alpha value is -1.71. The van der Waals surface area contributed by atoms with E-state index in [1.54, 1.807) is 0 Å². The fourth-order valence-electron chi connectivity index (χ4n) is 3.04. The van der Waals surface area contributed by atoms with Crippen molar-refractivity contribution >= 4 is 0 Å². The molecule has 3 heteroatoms. The number of aryl methyl sites for hydroxylation is 1. The Morgan fingerprint density at radius 3 is 2.27 bits per heavy atom. The molecule has 2 heterocycles. The van der Waals surface area contributed by atoms with Gasteiger partial charge in [-0.2, -0.15) is 0 Å². The van der Waals surface area contributed by atoms with Crippen LogP contribution >= 0.6 is 0 Å². The SMILES string of the molecule is c1ccc(CCCN2CCN(Cc3ccccn3)CC2)cc1. The monoisotopic (exact) mass is 295 g/mol. The van der Waals surface area contributed by atoms with Crippen LogP contribution < -0.4 is 0 Å². The van der Waals surface area contributed by atoms with Crippen molar-refractivity contribution in [3.05, 3.63) is 66.0 Å². The Morgan fingerprint density at radius 1 is 0.818 bits per heavy atom. The molecule has 0 N–H and O–H groups in total. The second-order valence-corrected chi connectivity index (χ2v) is 6.03. The van der Waals surface area contributed by atoms with Gasteiger partial charge in [0.05, 0.1) is 5.69 Å². The molecule has 3 rings (SSSR count). The predicted molar refractivity (Wildman–Crippen MR) is 90.7 cm³/mol. The van der Waals surface area contributed by atoms with E-state index in [0.717, 1.165) is 19.6 Å². The first-order chi connectivity index (χ1) is 10.9. The van der Waals surface area contributed by atoms with Gasteiger partial charge in [-0.25, -0.2) is 0 Å². The van der Waals surface area contributed by atoms with Crippen molar-refractivity contribution in [1.82, 2.24) is 14.8 Å². The average molecular weight is 295 g/mol. The lowest BCUT2D eigenvalue weighted by Gasteiger charge is -2.34. The minimum Gasteiger partial charge on any atom is -0.301 e. The molecule has 1 aliphatic rings. The van der Waals surface area contributed by atoms with E-state index in [4.69, 9.17) is 0 Å². The fourth-order valence-corrected chi connectivity index (χ4v) is 3.04. The second-order valence-electron chi connectivity index (χ2n) is 6.03. The Labute approximate surface area is 133 Å². The number of piperazine rings is 1. The standard InChI is InChI=1S/C19H25N3/c1-2-7-18(8-3-1)9-6-12-21-13-15-22(16-14-21)17-19-10-4-5-11-20-19/h1-5,7-8,10-11H,6,9,12-17H2. The average Bonchev–Trinajstić information content (AvgIpc) is 2.58. The van der Waals surface area contributed by atoms with Crippen LogP contribution in [0.5, 0.6) is 0 Å². The largest absolute Gasteiger partial charge is 0.301 e. The highest BCUT2D eigenvalue weighted by Crippen LogP contribution is 2.08. The van der Waals surface area contributed by atoms with Crippen molar-refractivity contribution in [2.45, 2.75) is 19.4 Å². The lowest BCUT2D eigenvalue weighted by Crippen LogP contribution is -2.46. The maximum atomic E-state index is 4.42. The molecule has 0 atom stereocenters. The highest BCUT2D eigenvalue weighted by molar-refractivity contribution is 5.14. The molecule has 1 saturated heterocycles. The van der Waals surface area contributed by atoms with Gasteiger partial charge in [0, 0.05) is 38.9 Å². The summed E-state index contributed by atoms with van der Waals surface area (Å²) >= 11 is 0. The quantitative estimate of drug-likeness (QED) is 0.817. The zero-order valence-electron chi connectivity index (χ0n) is 13.2. The lowest BCUT2D eigenvalue weighted by molar-refractivity contribution is 0.125. The number of rotatable bonds is 6. The molecule has 3 nitrogen and oxygen atoms in total. The van der Waals surface area contributed by atoms with Crippen LogP contribution in [0.25, 0.3) is 0 Å². The summed E-state index contributed by atoms with van der Waals surface area (Å²) in [6, 6.07) is 17.0. The minimum absolute atomic E-state index is 0.985. The van der Waals surface area contributed by atoms with Crippen molar-refractivity contribution in [2.24, 2.45) is 0 Å². The summed E-state index contributed by atoms with van der Waals surface area (Å²) in [5.41, 5.74) is 2.64. The molecule has 0 unspecified atom stereocenters. The Kier molecular flexibility index (Phi) is 5.57. The summed E-state index contributed by atoms with van der Waals surface area (Å²) in [6.45, 7) is 6.87. The van der Waals surface area contributed by atoms with Gasteiger partial charge in [0.2, 0.25) is 0 Å². The first kappa shape index (κ1) is 15.2. The molecule has 0 amide bonds. The van der Waals surface area contributed by atoms with Gasteiger partial charge in [-0.3, -0.25) is 9.88 Å². The molecule has 116 valence electrons. The number of hydrogen-bond donors (Lipinski definition) is 0. The molecule has 2 aromatic rings. The van der Waals surface area contributed by atoms with Gasteiger partial charge < -0.3 is 4.90 Å². The van der Waals surface area contributed by atoms with Crippen LogP contribution in [0.2, 0.25) is 0 Å². The van der Waals surface area contributed by atoms with Gasteiger partial charge in [0.25, 0.3) is 0 Å². The zero-order chi connectivity index (χ0) is 15.0. The van der Waals surface area contributed by atoms with Crippen molar-refractivity contribution in [3.8, 4) is 0 Å². The van der Waals surface area contributed by atoms with Gasteiger partial charge in [0.15, 0.2) is 0 Å². The molecule has 1 aromatic carbocycles. The van der Waals surface area contributed by atoms with Crippen molar-refractivity contribution < 1.29 is 0 Å². The Bertz CT molecular complexity index is 533. The van der Waals surface area contributed by atoms with E-state index >= 15 is 0 Å². The molecule has 1 aromatic heterocycles. The van der Waals surface area contributed by atoms with Gasteiger partial charge in [-0.05, 0) is 37.1 Å². The van der Waals surface area contributed by atoms with Crippen LogP contribution in [-0.4, -0.2) is 47.5 Å². The van der Waals surface area contributed by atoms with Crippen LogP contribution in [0.3, 0.4) is 0 Å². The number of aromatic nitrogens is 1. The molecular formula is C19H25N3. The predicted octanol–water partition coefficient (Wildman–Crippen LogP) is 2.83. The molecule has 0 saturated carbocycles. The van der Waals surface area contributed by atoms with Gasteiger partial charge in [0.1, 0.15) is 0 Å². The van der Waals surface area contributed by atoms with E-state index in [1.165, 1.54) is 43.7 Å². The normalized spacial score (nSPS) is 16.7. The van der Waals surface area contributed by atoms with Gasteiger partial charge in [-0.15, -0.1) is 0 Å². The van der Waals surface area contributed by atoms with Crippen LogP contribution in [0.15, 0.2) is 54.7 Å². The van der Waals surface area contributed by atoms with E-state index in [9.17, 15) is 0 Å². The lowest BCUT2D eigenvalue weighted by atomic mass is 10.1. The summed E-state index contributed by atoms with van der Waals surface area (Å²) in [5.74, 6) is 0. The Morgan fingerprint density at radius 2 is 1.55 bits per heavy atom. The maximum Gasteiger partial charge on any atom is 0.0543 e. The van der Waals surface area contributed by atoms with Crippen molar-refractivity contribution in [3.63, 3.8) is 0 Å². The number of benzene rings is 1. The topological polar surface area (TPSA) is 19.4 Å². The van der Waals surface area contributed by atoms with Crippen LogP contribution in [0, 0.1) is 0 Å². The third-order valence-electron chi connectivity index (χ3n) is 4.36. The molecule has 22 heavy (non-hydrogen) atoms. The highest BCUT2D eigenvalue weighted by Gasteiger charge is 2.16. The van der Waals surface area contributed by atoms with E-state index in [-0.39, 0.29) is 0 Å². The number of pyridine rings is 1. The third-order valence-corrected chi connectivity index (χ3v) is 4.36. The molecule has 0 bridgehead atoms. The molecule has 1 aliphatic heterocycles. The third kappa shape index (κ3) is 4.65. The van der Waals surface area contributed by atoms with E-state index in [2.05, 4.69) is 57.2 Å². The molecule has 1 fully saturated rings. The summed E-state index contributed by atoms with van der Waals surface area (Å²) < 4.78 is 0. The van der Waals surface area contributed by atoms with Gasteiger partial charge >= 0.3 is 0 Å². The smallest absolute Gasteiger partial charge is 0.0543 e. The summed E-state index contributed by atoms with van der Waals surface area (Å²) in [7, 11) is 0. The molecular weight excluding hydrogens is 270 g/mol. The van der Waals surface area contributed by atoms with E-state index in [0.29, 0.717) is 0 Å². The maximum absolute atomic E-state index is 4.42. The van der Waals surface area contributed by atoms with Gasteiger partial charge in [-0.1, -0.05) is 36.4 Å². The van der Waals surface area contributed by atoms with Crippen LogP contribution in [0.4, 0.5) is 0 Å². The van der Waals surface area contributed by atoms with Crippen LogP contribution in [0.1, 0.15) is 17.7 Å². The fraction of sp³-hybridized carbons (Fsp3) is 0.421. The Balaban J connectivity index is 1.35. The molecule has 0 aliphatic carbocycles. The summed E-state index contributed by atoms with van der Waals surface area (Å²) in [5, 5.41) is 0. The number of nitrogens with zero attached hydrogens (tertiary/aromatic N) is 3. The second kappa shape index (κ2) is 8.06. The van der Waals surface area contributed by atoms with E-state index < -0.39 is 0 Å². The van der Waals surface area contributed by atoms with Crippen molar-refractivity contribution in [2.75, 3.05) is 32.7 Å². The zero-order valence-corrected chi connectivity index (χ0v) is 13.2. The van der Waals surface area contributed by atoms with E-state index in [1.807, 2.05) is 12.3 Å². The van der Waals surface area contributed by atoms with Crippen molar-refractivity contribution in [1.29, 1.82) is 0 Å². The molecule has 0 radical (unpaired) electrons. The number of hydrogen-bond acceptors (Lipinski definition) is 3. The first-order valence-corrected chi connectivity index (χ1v) is 8.29. The van der Waals surface area contributed by atoms with Crippen LogP contribution in [-0.2, 0) is 13.0 Å².